The predicted molar refractivity (Wildman–Crippen MR) is 155 cm³/mol. The van der Waals surface area contributed by atoms with Crippen LogP contribution in [0.1, 0.15) is 60.4 Å². The number of anilines is 1. The lowest BCUT2D eigenvalue weighted by atomic mass is 10.0. The molecule has 3 fully saturated rings. The number of hydrogen-bond donors (Lipinski definition) is 1. The number of rotatable bonds is 7. The maximum atomic E-state index is 13.8. The van der Waals surface area contributed by atoms with E-state index in [9.17, 15) is 14.4 Å². The van der Waals surface area contributed by atoms with Gasteiger partial charge in [-0.05, 0) is 89.7 Å². The number of nitrogens with zero attached hydrogens (tertiary/aromatic N) is 6. The van der Waals surface area contributed by atoms with Gasteiger partial charge in [0.2, 0.25) is 11.8 Å². The largest absolute Gasteiger partial charge is 0.326 e. The first kappa shape index (κ1) is 25.9. The van der Waals surface area contributed by atoms with Crippen molar-refractivity contribution in [2.45, 2.75) is 64.1 Å². The summed E-state index contributed by atoms with van der Waals surface area (Å²) in [6.07, 6.45) is 7.20. The van der Waals surface area contributed by atoms with Gasteiger partial charge in [-0.25, -0.2) is 15.0 Å². The second-order valence-electron chi connectivity index (χ2n) is 11.3. The topological polar surface area (TPSA) is 123 Å². The Bertz CT molecular complexity index is 1730. The Morgan fingerprint density at radius 1 is 1.05 bits per heavy atom. The van der Waals surface area contributed by atoms with E-state index in [1.807, 2.05) is 37.3 Å². The molecule has 0 unspecified atom stereocenters. The molecule has 0 bridgehead atoms. The Morgan fingerprint density at radius 3 is 2.56 bits per heavy atom. The lowest BCUT2D eigenvalue weighted by Gasteiger charge is -2.27. The molecule has 3 aliphatic rings. The van der Waals surface area contributed by atoms with Crippen LogP contribution in [0.3, 0.4) is 0 Å². The fourth-order valence-corrected chi connectivity index (χ4v) is 6.32. The van der Waals surface area contributed by atoms with E-state index in [4.69, 9.17) is 0 Å². The molecule has 1 saturated heterocycles. The molecule has 1 N–H and O–H groups in total. The summed E-state index contributed by atoms with van der Waals surface area (Å²) in [5, 5.41) is 8.24. The van der Waals surface area contributed by atoms with Crippen molar-refractivity contribution < 1.29 is 14.4 Å². The maximum Gasteiger partial charge on any atom is 0.248 e. The molecular weight excluding hydrogens is 586 g/mol. The summed E-state index contributed by atoms with van der Waals surface area (Å²) >= 11 is 3.41. The van der Waals surface area contributed by atoms with Gasteiger partial charge in [0.1, 0.15) is 34.5 Å². The second-order valence-corrected chi connectivity index (χ2v) is 12.1. The van der Waals surface area contributed by atoms with Crippen LogP contribution >= 0.6 is 15.9 Å². The zero-order valence-corrected chi connectivity index (χ0v) is 24.3. The summed E-state index contributed by atoms with van der Waals surface area (Å²) in [5.41, 5.74) is 3.70. The van der Waals surface area contributed by atoms with Crippen LogP contribution in [0.4, 0.5) is 5.82 Å². The Morgan fingerprint density at radius 2 is 1.83 bits per heavy atom. The number of halogens is 1. The van der Waals surface area contributed by atoms with Crippen LogP contribution in [0.25, 0.3) is 22.0 Å². The third-order valence-electron chi connectivity index (χ3n) is 8.33. The number of fused-ring (bicyclic) bond motifs is 2. The van der Waals surface area contributed by atoms with Crippen LogP contribution in [-0.4, -0.2) is 59.3 Å². The van der Waals surface area contributed by atoms with E-state index in [-0.39, 0.29) is 30.2 Å². The first-order valence-corrected chi connectivity index (χ1v) is 14.6. The molecule has 1 aliphatic heterocycles. The van der Waals surface area contributed by atoms with Crippen molar-refractivity contribution >= 4 is 50.2 Å². The van der Waals surface area contributed by atoms with Gasteiger partial charge in [0, 0.05) is 36.3 Å². The van der Waals surface area contributed by atoms with Crippen LogP contribution in [0.2, 0.25) is 0 Å². The molecular formula is C30H28BrN7O3. The number of benzene rings is 1. The number of likely N-dealkylation sites (tertiary alicyclic amines) is 1. The van der Waals surface area contributed by atoms with Gasteiger partial charge in [-0.2, -0.15) is 5.10 Å². The molecule has 3 atom stereocenters. The summed E-state index contributed by atoms with van der Waals surface area (Å²) in [4.78, 5) is 54.6. The minimum Gasteiger partial charge on any atom is -0.326 e. The van der Waals surface area contributed by atoms with Crippen molar-refractivity contribution in [2.24, 2.45) is 5.92 Å². The van der Waals surface area contributed by atoms with E-state index in [2.05, 4.69) is 41.3 Å². The van der Waals surface area contributed by atoms with Gasteiger partial charge in [0.25, 0.3) is 0 Å². The molecule has 2 aliphatic carbocycles. The minimum atomic E-state index is -0.568. The van der Waals surface area contributed by atoms with Crippen LogP contribution in [0.5, 0.6) is 0 Å². The molecule has 10 nitrogen and oxygen atoms in total. The van der Waals surface area contributed by atoms with Gasteiger partial charge < -0.3 is 10.2 Å². The molecule has 2 saturated carbocycles. The van der Waals surface area contributed by atoms with Crippen molar-refractivity contribution in [1.82, 2.24) is 29.6 Å². The minimum absolute atomic E-state index is 0.0545. The summed E-state index contributed by atoms with van der Waals surface area (Å²) in [5.74, 6) is 1.41. The molecule has 11 heteroatoms. The average molecular weight is 615 g/mol. The highest BCUT2D eigenvalue weighted by molar-refractivity contribution is 9.10. The fraction of sp³-hybridized carbons (Fsp3) is 0.367. The maximum absolute atomic E-state index is 13.8. The molecule has 7 rings (SSSR count). The number of carbonyl (C=O) groups is 3. The Kier molecular flexibility index (Phi) is 6.22. The molecule has 4 aromatic rings. The summed E-state index contributed by atoms with van der Waals surface area (Å²) in [6, 6.07) is 9.05. The number of nitrogens with one attached hydrogen (secondary N) is 1. The lowest BCUT2D eigenvalue weighted by Crippen LogP contribution is -2.47. The third-order valence-corrected chi connectivity index (χ3v) is 8.77. The van der Waals surface area contributed by atoms with Gasteiger partial charge in [-0.15, -0.1) is 0 Å². The van der Waals surface area contributed by atoms with Gasteiger partial charge in [0.05, 0.1) is 5.52 Å². The highest BCUT2D eigenvalue weighted by atomic mass is 79.9. The average Bonchev–Trinajstić information content (AvgIpc) is 3.87. The predicted octanol–water partition coefficient (Wildman–Crippen LogP) is 4.67. The van der Waals surface area contributed by atoms with E-state index >= 15 is 0 Å². The first-order chi connectivity index (χ1) is 19.8. The monoisotopic (exact) mass is 613 g/mol. The van der Waals surface area contributed by atoms with Gasteiger partial charge >= 0.3 is 0 Å². The summed E-state index contributed by atoms with van der Waals surface area (Å²) < 4.78 is 2.24. The van der Waals surface area contributed by atoms with Gasteiger partial charge in [0.15, 0.2) is 5.78 Å². The van der Waals surface area contributed by atoms with Gasteiger partial charge in [-0.3, -0.25) is 19.1 Å². The molecule has 41 heavy (non-hydrogen) atoms. The van der Waals surface area contributed by atoms with Crippen LogP contribution < -0.4 is 5.32 Å². The Hall–Kier alpha value is -3.99. The molecule has 2 amide bonds. The third kappa shape index (κ3) is 4.81. The smallest absolute Gasteiger partial charge is 0.248 e. The van der Waals surface area contributed by atoms with Crippen LogP contribution in [0.15, 0.2) is 47.3 Å². The van der Waals surface area contributed by atoms with Crippen molar-refractivity contribution in [3.05, 3.63) is 64.4 Å². The normalized spacial score (nSPS) is 21.1. The quantitative estimate of drug-likeness (QED) is 0.237. The van der Waals surface area contributed by atoms with Crippen LogP contribution in [-0.2, 0) is 16.1 Å². The number of pyridine rings is 1. The zero-order valence-electron chi connectivity index (χ0n) is 22.7. The van der Waals surface area contributed by atoms with E-state index in [1.165, 1.54) is 6.92 Å². The van der Waals surface area contributed by atoms with E-state index in [0.717, 1.165) is 36.0 Å². The van der Waals surface area contributed by atoms with Crippen molar-refractivity contribution in [3.8, 4) is 11.1 Å². The summed E-state index contributed by atoms with van der Waals surface area (Å²) in [6.45, 7) is 3.23. The van der Waals surface area contributed by atoms with Crippen molar-refractivity contribution in [2.75, 3.05) is 5.32 Å². The number of hydrogen-bond acceptors (Lipinski definition) is 7. The Balaban J connectivity index is 1.15. The number of aryl methyl sites for hydroxylation is 1. The van der Waals surface area contributed by atoms with E-state index in [0.29, 0.717) is 51.1 Å². The highest BCUT2D eigenvalue weighted by Gasteiger charge is 2.56. The Labute approximate surface area is 244 Å². The molecule has 0 radical (unpaired) electrons. The standard InChI is InChI=1S/C30H28BrN7O3/c1-15(39)28-22-9-18(20-12-32-16(2)33-13-20)5-7-23(22)37(36-28)14-27(40)38-24-10-19(24)11-25(38)30(41)35-29-21(17-3-4-17)6-8-26(31)34-29/h5-9,12-13,17,19,24-25H,3-4,10-11,14H2,1-2H3,(H,34,35,41)/t19-,24-,25+/m1/s1. The SMILES string of the molecule is CC(=O)c1nn(CC(=O)N2[C@@H]3C[C@@H]3C[C@H]2C(=O)Nc2nc(Br)ccc2C2CC2)c2ccc(-c3cnc(C)nc3)cc12. The number of piperidine rings is 1. The van der Waals surface area contributed by atoms with E-state index in [1.54, 1.807) is 22.0 Å². The molecule has 3 aromatic heterocycles. The van der Waals surface area contributed by atoms with E-state index < -0.39 is 6.04 Å². The van der Waals surface area contributed by atoms with Crippen molar-refractivity contribution in [1.29, 1.82) is 0 Å². The zero-order chi connectivity index (χ0) is 28.4. The molecule has 1 aromatic carbocycles. The van der Waals surface area contributed by atoms with Crippen LogP contribution in [0, 0.1) is 12.8 Å². The number of aromatic nitrogens is 5. The molecule has 4 heterocycles. The number of Topliss-reactive ketones (excluding diaryl/α,β-unsaturated/α-hetero) is 1. The first-order valence-electron chi connectivity index (χ1n) is 13.9. The van der Waals surface area contributed by atoms with Gasteiger partial charge in [-0.1, -0.05) is 12.1 Å². The van der Waals surface area contributed by atoms with Crippen molar-refractivity contribution in [3.63, 3.8) is 0 Å². The number of carbonyl (C=O) groups excluding carboxylic acids is 3. The lowest BCUT2D eigenvalue weighted by molar-refractivity contribution is -0.138. The highest BCUT2D eigenvalue weighted by Crippen LogP contribution is 2.48. The number of amides is 2. The second kappa shape index (κ2) is 9.83. The molecule has 0 spiro atoms. The summed E-state index contributed by atoms with van der Waals surface area (Å²) in [7, 11) is 0. The number of ketones is 1. The molecule has 208 valence electrons. The fourth-order valence-electron chi connectivity index (χ4n) is 6.01.